The molecule has 0 aromatic heterocycles. The van der Waals surface area contributed by atoms with Gasteiger partial charge in [0.1, 0.15) is 19.8 Å². The van der Waals surface area contributed by atoms with Gasteiger partial charge in [0.2, 0.25) is 0 Å². The molecule has 3 N–H and O–H groups in total. The number of aliphatic hydroxyl groups is 1. The number of aliphatic hydroxyl groups excluding tert-OH is 1. The second-order valence-corrected chi connectivity index (χ2v) is 4.00. The molecular formula is C8H20N3O4+. The summed E-state index contributed by atoms with van der Waals surface area (Å²) in [4.78, 5) is 20.5. The minimum absolute atomic E-state index is 0.0344. The molecule has 0 saturated heterocycles. The number of rotatable bonds is 7. The fourth-order valence-electron chi connectivity index (χ4n) is 0.686. The van der Waals surface area contributed by atoms with Crippen molar-refractivity contribution >= 4 is 6.03 Å². The van der Waals surface area contributed by atoms with Gasteiger partial charge in [0.05, 0.1) is 27.7 Å². The summed E-state index contributed by atoms with van der Waals surface area (Å²) in [6, 6.07) is -0.843. The normalized spacial score (nSPS) is 11.5. The summed E-state index contributed by atoms with van der Waals surface area (Å²) < 4.78 is 0.701. The molecule has 0 saturated carbocycles. The Bertz CT molecular complexity index is 193. The Morgan fingerprint density at radius 3 is 2.27 bits per heavy atom. The van der Waals surface area contributed by atoms with Gasteiger partial charge >= 0.3 is 6.03 Å². The van der Waals surface area contributed by atoms with Crippen LogP contribution in [0.1, 0.15) is 0 Å². The van der Waals surface area contributed by atoms with Gasteiger partial charge in [0.15, 0.2) is 0 Å². The first kappa shape index (κ1) is 14.1. The van der Waals surface area contributed by atoms with Gasteiger partial charge in [-0.25, -0.2) is 14.5 Å². The van der Waals surface area contributed by atoms with Gasteiger partial charge in [-0.2, -0.15) is 0 Å². The molecule has 7 heteroatoms. The molecule has 0 atom stereocenters. The van der Waals surface area contributed by atoms with Crippen LogP contribution in [0.5, 0.6) is 0 Å². The first-order valence-electron chi connectivity index (χ1n) is 4.63. The van der Waals surface area contributed by atoms with Gasteiger partial charge in [0, 0.05) is 0 Å². The van der Waals surface area contributed by atoms with Gasteiger partial charge in [-0.05, 0) is 0 Å². The quantitative estimate of drug-likeness (QED) is 0.424. The zero-order valence-electron chi connectivity index (χ0n) is 9.47. The average molecular weight is 222 g/mol. The molecule has 0 aliphatic heterocycles. The second-order valence-electron chi connectivity index (χ2n) is 4.00. The Balaban J connectivity index is 3.81. The third kappa shape index (κ3) is 8.13. The number of nitrogens with zero attached hydrogens (tertiary/aromatic N) is 2. The lowest BCUT2D eigenvalue weighted by atomic mass is 10.5. The van der Waals surface area contributed by atoms with Crippen molar-refractivity contribution in [3.05, 3.63) is 0 Å². The first-order valence-corrected chi connectivity index (χ1v) is 4.63. The van der Waals surface area contributed by atoms with Crippen molar-refractivity contribution in [2.45, 2.75) is 0 Å². The number of hydrogen-bond acceptors (Lipinski definition) is 4. The van der Waals surface area contributed by atoms with Gasteiger partial charge in [0.25, 0.3) is 0 Å². The van der Waals surface area contributed by atoms with Crippen molar-refractivity contribution < 1.29 is 24.1 Å². The van der Waals surface area contributed by atoms with Crippen LogP contribution in [-0.2, 0) is 9.68 Å². The SMILES string of the molecule is C[N+](C)(C)CCON(OCCO)C(N)=O. The van der Waals surface area contributed by atoms with Crippen LogP contribution in [0.4, 0.5) is 4.79 Å². The van der Waals surface area contributed by atoms with E-state index in [-0.39, 0.29) is 13.2 Å². The number of likely N-dealkylation sites (N-methyl/N-ethyl adjacent to an activating group) is 1. The average Bonchev–Trinajstić information content (AvgIpc) is 2.08. The highest BCUT2D eigenvalue weighted by Crippen LogP contribution is 1.95. The van der Waals surface area contributed by atoms with Crippen LogP contribution in [-0.4, -0.2) is 68.4 Å². The lowest BCUT2D eigenvalue weighted by Gasteiger charge is -2.25. The van der Waals surface area contributed by atoms with Crippen molar-refractivity contribution in [1.82, 2.24) is 5.23 Å². The summed E-state index contributed by atoms with van der Waals surface area (Å²) in [5, 5.41) is 9.08. The Labute approximate surface area is 89.5 Å². The molecule has 0 spiro atoms. The number of amides is 2. The number of carbonyl (C=O) groups excluding carboxylic acids is 1. The summed E-state index contributed by atoms with van der Waals surface area (Å²) in [5.41, 5.74) is 4.98. The Morgan fingerprint density at radius 1 is 1.33 bits per heavy atom. The summed E-state index contributed by atoms with van der Waals surface area (Å²) in [6.45, 7) is 0.764. The smallest absolute Gasteiger partial charge is 0.364 e. The van der Waals surface area contributed by atoms with Crippen molar-refractivity contribution in [3.8, 4) is 0 Å². The standard InChI is InChI=1S/C8H19N3O4/c1-11(2,3)4-6-14-10(8(9)13)15-7-5-12/h12H,4-7H2,1-3H3,(H-,9,13)/p+1. The maximum Gasteiger partial charge on any atom is 0.364 e. The maximum atomic E-state index is 10.8. The third-order valence-corrected chi connectivity index (χ3v) is 1.45. The van der Waals surface area contributed by atoms with Crippen molar-refractivity contribution in [2.75, 3.05) is 47.5 Å². The largest absolute Gasteiger partial charge is 0.394 e. The lowest BCUT2D eigenvalue weighted by molar-refractivity contribution is -0.871. The van der Waals surface area contributed by atoms with Crippen LogP contribution in [0.2, 0.25) is 0 Å². The minimum atomic E-state index is -0.843. The first-order chi connectivity index (χ1) is 6.87. The van der Waals surface area contributed by atoms with Crippen molar-refractivity contribution in [2.24, 2.45) is 5.73 Å². The van der Waals surface area contributed by atoms with Crippen LogP contribution in [0.3, 0.4) is 0 Å². The number of primary amides is 1. The molecule has 0 heterocycles. The number of nitrogens with two attached hydrogens (primary N) is 1. The molecule has 7 nitrogen and oxygen atoms in total. The number of urea groups is 1. The summed E-state index contributed by atoms with van der Waals surface area (Å²) in [7, 11) is 5.98. The predicted octanol–water partition coefficient (Wildman–Crippen LogP) is -1.07. The molecule has 2 amide bonds. The second kappa shape index (κ2) is 6.57. The van der Waals surface area contributed by atoms with E-state index in [0.717, 1.165) is 0 Å². The number of carbonyl (C=O) groups is 1. The van der Waals surface area contributed by atoms with E-state index in [2.05, 4.69) is 0 Å². The molecular weight excluding hydrogens is 202 g/mol. The van der Waals surface area contributed by atoms with E-state index in [9.17, 15) is 4.79 Å². The third-order valence-electron chi connectivity index (χ3n) is 1.45. The molecule has 0 aliphatic rings. The highest BCUT2D eigenvalue weighted by Gasteiger charge is 2.14. The van der Waals surface area contributed by atoms with Crippen molar-refractivity contribution in [3.63, 3.8) is 0 Å². The van der Waals surface area contributed by atoms with Crippen LogP contribution in [0.25, 0.3) is 0 Å². The van der Waals surface area contributed by atoms with Gasteiger partial charge in [-0.1, -0.05) is 5.23 Å². The van der Waals surface area contributed by atoms with Crippen LogP contribution >= 0.6 is 0 Å². The molecule has 0 unspecified atom stereocenters. The van der Waals surface area contributed by atoms with E-state index in [1.54, 1.807) is 0 Å². The molecule has 0 aliphatic carbocycles. The van der Waals surface area contributed by atoms with Gasteiger partial charge in [-0.15, -0.1) is 0 Å². The highest BCUT2D eigenvalue weighted by molar-refractivity contribution is 5.69. The van der Waals surface area contributed by atoms with Crippen LogP contribution in [0, 0.1) is 0 Å². The fraction of sp³-hybridized carbons (Fsp3) is 0.875. The summed E-state index contributed by atoms with van der Waals surface area (Å²) >= 11 is 0. The summed E-state index contributed by atoms with van der Waals surface area (Å²) in [5.74, 6) is 0. The Hall–Kier alpha value is -0.890. The molecule has 0 rings (SSSR count). The number of hydroxylamine groups is 2. The number of hydrogen-bond donors (Lipinski definition) is 2. The molecule has 90 valence electrons. The lowest BCUT2D eigenvalue weighted by Crippen LogP contribution is -2.42. The molecule has 0 aromatic rings. The Kier molecular flexibility index (Phi) is 6.18. The van der Waals surface area contributed by atoms with Crippen LogP contribution in [0.15, 0.2) is 0 Å². The maximum absolute atomic E-state index is 10.8. The molecule has 0 radical (unpaired) electrons. The van der Waals surface area contributed by atoms with Crippen LogP contribution < -0.4 is 5.73 Å². The van der Waals surface area contributed by atoms with Crippen molar-refractivity contribution in [1.29, 1.82) is 0 Å². The Morgan fingerprint density at radius 2 is 1.87 bits per heavy atom. The predicted molar refractivity (Wildman–Crippen MR) is 53.3 cm³/mol. The topological polar surface area (TPSA) is 85.0 Å². The zero-order chi connectivity index (χ0) is 11.9. The zero-order valence-corrected chi connectivity index (χ0v) is 9.47. The molecule has 0 bridgehead atoms. The summed E-state index contributed by atoms with van der Waals surface area (Å²) in [6.07, 6.45) is 0. The molecule has 15 heavy (non-hydrogen) atoms. The van der Waals surface area contributed by atoms with E-state index >= 15 is 0 Å². The van der Waals surface area contributed by atoms with E-state index < -0.39 is 6.03 Å². The number of quaternary nitrogens is 1. The van der Waals surface area contributed by atoms with E-state index in [1.165, 1.54) is 0 Å². The van der Waals surface area contributed by atoms with Gasteiger partial charge in [-0.3, -0.25) is 0 Å². The van der Waals surface area contributed by atoms with E-state index in [1.807, 2.05) is 21.1 Å². The highest BCUT2D eigenvalue weighted by atomic mass is 17.0. The van der Waals surface area contributed by atoms with Gasteiger partial charge < -0.3 is 15.3 Å². The fourth-order valence-corrected chi connectivity index (χ4v) is 0.686. The minimum Gasteiger partial charge on any atom is -0.394 e. The van der Waals surface area contributed by atoms with E-state index in [4.69, 9.17) is 20.5 Å². The van der Waals surface area contributed by atoms with E-state index in [0.29, 0.717) is 22.9 Å². The molecule has 0 aromatic carbocycles. The monoisotopic (exact) mass is 222 g/mol. The molecule has 0 fully saturated rings.